The van der Waals surface area contributed by atoms with Crippen LogP contribution in [0.1, 0.15) is 5.56 Å². The first-order valence-electron chi connectivity index (χ1n) is 3.30. The van der Waals surface area contributed by atoms with Crippen LogP contribution >= 0.6 is 12.8 Å². The van der Waals surface area contributed by atoms with Gasteiger partial charge in [0, 0.05) is 17.3 Å². The molecule has 64 valence electrons. The zero-order valence-corrected chi connectivity index (χ0v) is 7.34. The minimum atomic E-state index is -0.405. The minimum Gasteiger partial charge on any atom is -0.332 e. The van der Waals surface area contributed by atoms with Crippen molar-refractivity contribution >= 4 is 24.2 Å². The van der Waals surface area contributed by atoms with Gasteiger partial charge in [0.15, 0.2) is 0 Å². The fourth-order valence-corrected chi connectivity index (χ4v) is 1.07. The molecule has 1 rings (SSSR count). The van der Waals surface area contributed by atoms with Crippen LogP contribution in [0.25, 0.3) is 0 Å². The molecule has 0 saturated heterocycles. The standard InChI is InChI=1S/C7H8N2O2S/c1-5-4-6(8-12)2-3-7(5)9(10)11/h2-4,8,12H,1H3. The lowest BCUT2D eigenvalue weighted by atomic mass is 10.2. The summed E-state index contributed by atoms with van der Waals surface area (Å²) in [5.74, 6) is 0. The third kappa shape index (κ3) is 1.68. The highest BCUT2D eigenvalue weighted by atomic mass is 32.1. The monoisotopic (exact) mass is 184 g/mol. The summed E-state index contributed by atoms with van der Waals surface area (Å²) in [6.07, 6.45) is 0. The van der Waals surface area contributed by atoms with Gasteiger partial charge in [0.1, 0.15) is 0 Å². The van der Waals surface area contributed by atoms with Gasteiger partial charge in [-0.1, -0.05) is 12.8 Å². The maximum absolute atomic E-state index is 10.4. The van der Waals surface area contributed by atoms with Crippen molar-refractivity contribution in [3.63, 3.8) is 0 Å². The third-order valence-corrected chi connectivity index (χ3v) is 1.78. The average Bonchev–Trinajstić information content (AvgIpc) is 2.03. The zero-order valence-electron chi connectivity index (χ0n) is 6.44. The molecular formula is C7H8N2O2S. The summed E-state index contributed by atoms with van der Waals surface area (Å²) < 4.78 is 2.61. The van der Waals surface area contributed by atoms with E-state index in [9.17, 15) is 10.1 Å². The smallest absolute Gasteiger partial charge is 0.272 e. The SMILES string of the molecule is Cc1cc(NS)ccc1[N+](=O)[O-]. The molecule has 0 spiro atoms. The van der Waals surface area contributed by atoms with E-state index >= 15 is 0 Å². The van der Waals surface area contributed by atoms with E-state index < -0.39 is 4.92 Å². The van der Waals surface area contributed by atoms with Gasteiger partial charge in [-0.3, -0.25) is 10.1 Å². The van der Waals surface area contributed by atoms with E-state index in [1.165, 1.54) is 6.07 Å². The summed E-state index contributed by atoms with van der Waals surface area (Å²) in [7, 11) is 0. The van der Waals surface area contributed by atoms with Gasteiger partial charge >= 0.3 is 0 Å². The van der Waals surface area contributed by atoms with E-state index in [2.05, 4.69) is 17.5 Å². The molecule has 0 heterocycles. The summed E-state index contributed by atoms with van der Waals surface area (Å²) >= 11 is 3.82. The molecule has 0 aliphatic rings. The molecule has 0 aliphatic carbocycles. The van der Waals surface area contributed by atoms with Crippen LogP contribution in [0.5, 0.6) is 0 Å². The quantitative estimate of drug-likeness (QED) is 0.420. The van der Waals surface area contributed by atoms with Crippen molar-refractivity contribution in [3.8, 4) is 0 Å². The number of benzene rings is 1. The number of aryl methyl sites for hydroxylation is 1. The minimum absolute atomic E-state index is 0.127. The molecule has 4 nitrogen and oxygen atoms in total. The predicted molar refractivity (Wildman–Crippen MR) is 50.4 cm³/mol. The van der Waals surface area contributed by atoms with Crippen molar-refractivity contribution in [2.45, 2.75) is 6.92 Å². The first kappa shape index (κ1) is 8.86. The predicted octanol–water partition coefficient (Wildman–Crippen LogP) is 2.16. The molecule has 1 aromatic rings. The van der Waals surface area contributed by atoms with Crippen molar-refractivity contribution < 1.29 is 4.92 Å². The number of nitrogens with zero attached hydrogens (tertiary/aromatic N) is 1. The Morgan fingerprint density at radius 1 is 1.58 bits per heavy atom. The Morgan fingerprint density at radius 2 is 2.25 bits per heavy atom. The second kappa shape index (κ2) is 3.44. The van der Waals surface area contributed by atoms with Crippen LogP contribution in [0.3, 0.4) is 0 Å². The summed E-state index contributed by atoms with van der Waals surface area (Å²) in [5, 5.41) is 10.4. The Labute approximate surface area is 75.3 Å². The van der Waals surface area contributed by atoms with Gasteiger partial charge < -0.3 is 4.72 Å². The van der Waals surface area contributed by atoms with Crippen LogP contribution in [0.4, 0.5) is 11.4 Å². The Bertz CT molecular complexity index is 314. The van der Waals surface area contributed by atoms with Gasteiger partial charge in [-0.15, -0.1) is 0 Å². The lowest BCUT2D eigenvalue weighted by molar-refractivity contribution is -0.385. The fourth-order valence-electron chi connectivity index (χ4n) is 0.930. The molecule has 0 aromatic heterocycles. The van der Waals surface area contributed by atoms with Crippen LogP contribution in [-0.2, 0) is 0 Å². The van der Waals surface area contributed by atoms with Gasteiger partial charge in [-0.05, 0) is 19.1 Å². The second-order valence-corrected chi connectivity index (χ2v) is 2.59. The largest absolute Gasteiger partial charge is 0.332 e. The number of hydrogen-bond donors (Lipinski definition) is 2. The van der Waals surface area contributed by atoms with E-state index in [1.54, 1.807) is 19.1 Å². The maximum atomic E-state index is 10.4. The van der Waals surface area contributed by atoms with E-state index in [0.29, 0.717) is 5.56 Å². The van der Waals surface area contributed by atoms with Gasteiger partial charge in [-0.25, -0.2) is 0 Å². The number of nitrogens with one attached hydrogen (secondary N) is 1. The molecule has 0 bridgehead atoms. The summed E-state index contributed by atoms with van der Waals surface area (Å²) in [5.41, 5.74) is 1.50. The van der Waals surface area contributed by atoms with Crippen molar-refractivity contribution in [2.75, 3.05) is 4.72 Å². The second-order valence-electron chi connectivity index (χ2n) is 2.37. The third-order valence-electron chi connectivity index (χ3n) is 1.52. The van der Waals surface area contributed by atoms with Crippen molar-refractivity contribution in [1.29, 1.82) is 0 Å². The van der Waals surface area contributed by atoms with Crippen LogP contribution in [0, 0.1) is 17.0 Å². The molecule has 0 aliphatic heterocycles. The molecule has 12 heavy (non-hydrogen) atoms. The Hall–Kier alpha value is -1.23. The average molecular weight is 184 g/mol. The molecule has 0 saturated carbocycles. The molecule has 1 N–H and O–H groups in total. The number of rotatable bonds is 2. The molecule has 0 amide bonds. The normalized spacial score (nSPS) is 9.50. The summed E-state index contributed by atoms with van der Waals surface area (Å²) in [6, 6.07) is 4.73. The number of nitro groups is 1. The Balaban J connectivity index is 3.12. The highest BCUT2D eigenvalue weighted by molar-refractivity contribution is 7.81. The number of nitro benzene ring substituents is 1. The Kier molecular flexibility index (Phi) is 2.54. The van der Waals surface area contributed by atoms with E-state index in [1.807, 2.05) is 0 Å². The van der Waals surface area contributed by atoms with E-state index in [0.717, 1.165) is 5.69 Å². The topological polar surface area (TPSA) is 55.2 Å². The van der Waals surface area contributed by atoms with Crippen LogP contribution in [0.15, 0.2) is 18.2 Å². The maximum Gasteiger partial charge on any atom is 0.272 e. The van der Waals surface area contributed by atoms with E-state index in [-0.39, 0.29) is 5.69 Å². The molecular weight excluding hydrogens is 176 g/mol. The highest BCUT2D eigenvalue weighted by Crippen LogP contribution is 2.21. The van der Waals surface area contributed by atoms with Gasteiger partial charge in [0.2, 0.25) is 0 Å². The number of hydrogen-bond acceptors (Lipinski definition) is 4. The van der Waals surface area contributed by atoms with Crippen LogP contribution in [0.2, 0.25) is 0 Å². The fraction of sp³-hybridized carbons (Fsp3) is 0.143. The molecule has 5 heteroatoms. The molecule has 0 fully saturated rings. The summed E-state index contributed by atoms with van der Waals surface area (Å²) in [6.45, 7) is 1.69. The van der Waals surface area contributed by atoms with Gasteiger partial charge in [0.25, 0.3) is 5.69 Å². The molecule has 0 radical (unpaired) electrons. The van der Waals surface area contributed by atoms with Crippen LogP contribution < -0.4 is 4.72 Å². The first-order valence-corrected chi connectivity index (χ1v) is 3.75. The lowest BCUT2D eigenvalue weighted by Crippen LogP contribution is -1.92. The highest BCUT2D eigenvalue weighted by Gasteiger charge is 2.08. The number of anilines is 1. The van der Waals surface area contributed by atoms with Crippen molar-refractivity contribution in [3.05, 3.63) is 33.9 Å². The van der Waals surface area contributed by atoms with Gasteiger partial charge in [0.05, 0.1) is 4.92 Å². The molecule has 1 aromatic carbocycles. The van der Waals surface area contributed by atoms with E-state index in [4.69, 9.17) is 0 Å². The Morgan fingerprint density at radius 3 is 2.67 bits per heavy atom. The van der Waals surface area contributed by atoms with Crippen LogP contribution in [-0.4, -0.2) is 4.92 Å². The lowest BCUT2D eigenvalue weighted by Gasteiger charge is -2.00. The van der Waals surface area contributed by atoms with Crippen molar-refractivity contribution in [1.82, 2.24) is 0 Å². The van der Waals surface area contributed by atoms with Crippen molar-refractivity contribution in [2.24, 2.45) is 0 Å². The zero-order chi connectivity index (χ0) is 9.14. The first-order chi connectivity index (χ1) is 5.65. The molecule has 0 unspecified atom stereocenters. The van der Waals surface area contributed by atoms with Gasteiger partial charge in [-0.2, -0.15) is 0 Å². The summed E-state index contributed by atoms with van der Waals surface area (Å²) in [4.78, 5) is 9.98. The number of thiol groups is 1. The molecule has 0 atom stereocenters.